The second kappa shape index (κ2) is 13.6. The van der Waals surface area contributed by atoms with Crippen molar-refractivity contribution >= 4 is 35.2 Å². The average molecular weight is 554 g/mol. The van der Waals surface area contributed by atoms with Crippen LogP contribution in [0.15, 0.2) is 97.3 Å². The van der Waals surface area contributed by atoms with Gasteiger partial charge in [-0.1, -0.05) is 54.6 Å². The van der Waals surface area contributed by atoms with Crippen molar-refractivity contribution < 1.29 is 19.5 Å². The molecule has 7 nitrogen and oxygen atoms in total. The molecule has 1 aromatic heterocycles. The topological polar surface area (TPSA) is 99.6 Å². The van der Waals surface area contributed by atoms with E-state index in [-0.39, 0.29) is 5.91 Å². The fraction of sp³-hybridized carbons (Fsp3) is 0.188. The van der Waals surface area contributed by atoms with Gasteiger partial charge in [-0.15, -0.1) is 0 Å². The number of nitrogens with zero attached hydrogens (tertiary/aromatic N) is 2. The number of pyridine rings is 1. The third-order valence-corrected chi connectivity index (χ3v) is 7.19. The monoisotopic (exact) mass is 553 g/mol. The van der Waals surface area contributed by atoms with Crippen molar-refractivity contribution in [2.45, 2.75) is 25.9 Å². The number of amides is 2. The Kier molecular flexibility index (Phi) is 9.70. The Labute approximate surface area is 238 Å². The summed E-state index contributed by atoms with van der Waals surface area (Å²) >= 11 is 1.52. The zero-order valence-electron chi connectivity index (χ0n) is 22.4. The van der Waals surface area contributed by atoms with Gasteiger partial charge in [-0.3, -0.25) is 14.6 Å². The Bertz CT molecular complexity index is 1480. The molecule has 3 aromatic carbocycles. The Morgan fingerprint density at radius 1 is 0.950 bits per heavy atom. The van der Waals surface area contributed by atoms with E-state index in [1.54, 1.807) is 41.6 Å². The van der Waals surface area contributed by atoms with Crippen LogP contribution in [-0.4, -0.2) is 45.9 Å². The van der Waals surface area contributed by atoms with Crippen molar-refractivity contribution in [1.82, 2.24) is 10.3 Å². The lowest BCUT2D eigenvalue weighted by Gasteiger charge is -2.24. The highest BCUT2D eigenvalue weighted by Crippen LogP contribution is 2.30. The van der Waals surface area contributed by atoms with Crippen LogP contribution in [0.3, 0.4) is 0 Å². The largest absolute Gasteiger partial charge is 0.480 e. The molecule has 4 rings (SSSR count). The lowest BCUT2D eigenvalue weighted by molar-refractivity contribution is -0.139. The molecule has 0 aliphatic rings. The quantitative estimate of drug-likeness (QED) is 0.242. The Morgan fingerprint density at radius 2 is 1.70 bits per heavy atom. The molecule has 0 aliphatic carbocycles. The number of carbonyl (C=O) groups is 3. The van der Waals surface area contributed by atoms with E-state index in [1.807, 2.05) is 73.8 Å². The van der Waals surface area contributed by atoms with Gasteiger partial charge in [0.2, 0.25) is 0 Å². The minimum atomic E-state index is -1.08. The molecule has 0 unspecified atom stereocenters. The van der Waals surface area contributed by atoms with Crippen molar-refractivity contribution in [3.8, 4) is 11.1 Å². The SMILES string of the molecule is CSCC[C@H](NC(=O)c1ccc(C(=O)N(Cc2ccccc2)c2cccnc2)cc1-c1ccccc1C)C(=O)O. The molecule has 0 aliphatic heterocycles. The van der Waals surface area contributed by atoms with Crippen LogP contribution in [-0.2, 0) is 11.3 Å². The summed E-state index contributed by atoms with van der Waals surface area (Å²) in [5, 5.41) is 12.3. The van der Waals surface area contributed by atoms with Gasteiger partial charge in [-0.05, 0) is 77.9 Å². The minimum Gasteiger partial charge on any atom is -0.480 e. The summed E-state index contributed by atoms with van der Waals surface area (Å²) in [4.78, 5) is 45.1. The van der Waals surface area contributed by atoms with Gasteiger partial charge in [0.15, 0.2) is 0 Å². The fourth-order valence-corrected chi connectivity index (χ4v) is 4.89. The summed E-state index contributed by atoms with van der Waals surface area (Å²) in [5.41, 5.74) is 4.57. The molecular formula is C32H31N3O4S. The molecule has 2 amide bonds. The number of benzene rings is 3. The number of carbonyl (C=O) groups excluding carboxylic acids is 2. The molecule has 1 heterocycles. The molecular weight excluding hydrogens is 522 g/mol. The van der Waals surface area contributed by atoms with E-state index in [0.717, 1.165) is 16.7 Å². The van der Waals surface area contributed by atoms with E-state index in [9.17, 15) is 19.5 Å². The maximum atomic E-state index is 14.0. The number of aliphatic carboxylic acids is 1. The van der Waals surface area contributed by atoms with Crippen molar-refractivity contribution in [3.63, 3.8) is 0 Å². The van der Waals surface area contributed by atoms with Crippen LogP contribution in [0.4, 0.5) is 5.69 Å². The third kappa shape index (κ3) is 6.95. The van der Waals surface area contributed by atoms with Crippen LogP contribution in [0, 0.1) is 6.92 Å². The van der Waals surface area contributed by atoms with Crippen LogP contribution < -0.4 is 10.2 Å². The van der Waals surface area contributed by atoms with E-state index in [1.165, 1.54) is 11.8 Å². The molecule has 0 saturated carbocycles. The average Bonchev–Trinajstić information content (AvgIpc) is 2.98. The molecule has 2 N–H and O–H groups in total. The standard InChI is InChI=1S/C32H31N3O4S/c1-22-9-6-7-13-26(22)28-19-24(14-15-27(28)30(36)34-29(32(38)39)16-18-40-2)31(37)35(25-12-8-17-33-20-25)21-23-10-4-3-5-11-23/h3-15,17,19-20,29H,16,18,21H2,1-2H3,(H,34,36)(H,38,39)/t29-/m0/s1. The van der Waals surface area contributed by atoms with Crippen molar-refractivity contribution in [3.05, 3.63) is 120 Å². The number of carboxylic acids is 1. The first-order valence-electron chi connectivity index (χ1n) is 12.9. The number of rotatable bonds is 11. The number of aryl methyl sites for hydroxylation is 1. The summed E-state index contributed by atoms with van der Waals surface area (Å²) < 4.78 is 0. The molecule has 204 valence electrons. The van der Waals surface area contributed by atoms with Gasteiger partial charge in [-0.25, -0.2) is 4.79 Å². The van der Waals surface area contributed by atoms with Crippen molar-refractivity contribution in [2.24, 2.45) is 0 Å². The number of hydrogen-bond donors (Lipinski definition) is 2. The van der Waals surface area contributed by atoms with E-state index < -0.39 is 17.9 Å². The molecule has 0 bridgehead atoms. The first-order chi connectivity index (χ1) is 19.4. The Morgan fingerprint density at radius 3 is 2.38 bits per heavy atom. The van der Waals surface area contributed by atoms with Gasteiger partial charge >= 0.3 is 5.97 Å². The highest BCUT2D eigenvalue weighted by atomic mass is 32.2. The van der Waals surface area contributed by atoms with Gasteiger partial charge in [0.05, 0.1) is 18.4 Å². The van der Waals surface area contributed by atoms with Crippen molar-refractivity contribution in [2.75, 3.05) is 16.9 Å². The molecule has 4 aromatic rings. The Hall–Kier alpha value is -4.43. The highest BCUT2D eigenvalue weighted by molar-refractivity contribution is 7.98. The maximum absolute atomic E-state index is 14.0. The van der Waals surface area contributed by atoms with Crippen molar-refractivity contribution in [1.29, 1.82) is 0 Å². The second-order valence-corrected chi connectivity index (χ2v) is 10.3. The highest BCUT2D eigenvalue weighted by Gasteiger charge is 2.25. The minimum absolute atomic E-state index is 0.248. The first kappa shape index (κ1) is 28.6. The summed E-state index contributed by atoms with van der Waals surface area (Å²) in [6.45, 7) is 2.27. The van der Waals surface area contributed by atoms with Gasteiger partial charge < -0.3 is 15.3 Å². The van der Waals surface area contributed by atoms with Gasteiger partial charge in [0.1, 0.15) is 6.04 Å². The molecule has 0 saturated heterocycles. The third-order valence-electron chi connectivity index (χ3n) is 6.55. The molecule has 40 heavy (non-hydrogen) atoms. The van der Waals surface area contributed by atoms with Crippen LogP contribution in [0.5, 0.6) is 0 Å². The molecule has 0 radical (unpaired) electrons. The predicted molar refractivity (Wildman–Crippen MR) is 160 cm³/mol. The summed E-state index contributed by atoms with van der Waals surface area (Å²) in [7, 11) is 0. The van der Waals surface area contributed by atoms with Crippen LogP contribution in [0.25, 0.3) is 11.1 Å². The molecule has 1 atom stereocenters. The zero-order chi connectivity index (χ0) is 28.5. The van der Waals surface area contributed by atoms with E-state index in [2.05, 4.69) is 10.3 Å². The lowest BCUT2D eigenvalue weighted by atomic mass is 9.93. The van der Waals surface area contributed by atoms with Gasteiger partial charge in [0.25, 0.3) is 11.8 Å². The number of aromatic nitrogens is 1. The fourth-order valence-electron chi connectivity index (χ4n) is 4.42. The zero-order valence-corrected chi connectivity index (χ0v) is 23.2. The smallest absolute Gasteiger partial charge is 0.326 e. The summed E-state index contributed by atoms with van der Waals surface area (Å²) in [5.74, 6) is -1.23. The molecule has 8 heteroatoms. The number of thioether (sulfide) groups is 1. The number of carboxylic acid groups (broad SMARTS) is 1. The maximum Gasteiger partial charge on any atom is 0.326 e. The predicted octanol–water partition coefficient (Wildman–Crippen LogP) is 5.84. The molecule has 0 fully saturated rings. The van der Waals surface area contributed by atoms with Gasteiger partial charge in [-0.2, -0.15) is 11.8 Å². The van der Waals surface area contributed by atoms with Gasteiger partial charge in [0, 0.05) is 17.3 Å². The van der Waals surface area contributed by atoms with Crippen LogP contribution in [0.1, 0.15) is 38.3 Å². The van der Waals surface area contributed by atoms with E-state index in [0.29, 0.717) is 41.1 Å². The van der Waals surface area contributed by atoms with E-state index >= 15 is 0 Å². The summed E-state index contributed by atoms with van der Waals surface area (Å²) in [6, 6.07) is 24.8. The van der Waals surface area contributed by atoms with Crippen LogP contribution >= 0.6 is 11.8 Å². The second-order valence-electron chi connectivity index (χ2n) is 9.31. The molecule has 0 spiro atoms. The van der Waals surface area contributed by atoms with E-state index in [4.69, 9.17) is 0 Å². The Balaban J connectivity index is 1.76. The summed E-state index contributed by atoms with van der Waals surface area (Å²) in [6.07, 6.45) is 5.49. The van der Waals surface area contributed by atoms with Crippen LogP contribution in [0.2, 0.25) is 0 Å². The lowest BCUT2D eigenvalue weighted by Crippen LogP contribution is -2.41. The number of nitrogens with one attached hydrogen (secondary N) is 1. The number of hydrogen-bond acceptors (Lipinski definition) is 5. The normalized spacial score (nSPS) is 11.4. The first-order valence-corrected chi connectivity index (χ1v) is 14.3. The number of anilines is 1.